The van der Waals surface area contributed by atoms with Crippen molar-refractivity contribution in [1.82, 2.24) is 0 Å². The molecule has 0 atom stereocenters. The number of hydrogen-bond donors (Lipinski definition) is 1. The highest BCUT2D eigenvalue weighted by Crippen LogP contribution is 2.30. The molecule has 3 heteroatoms. The van der Waals surface area contributed by atoms with Gasteiger partial charge >= 0.3 is 0 Å². The van der Waals surface area contributed by atoms with E-state index in [9.17, 15) is 5.11 Å². The van der Waals surface area contributed by atoms with E-state index in [-0.39, 0.29) is 0 Å². The molecule has 2 bridgehead atoms. The molecule has 3 fully saturated rings. The summed E-state index contributed by atoms with van der Waals surface area (Å²) in [4.78, 5) is 0. The van der Waals surface area contributed by atoms with Gasteiger partial charge in [0, 0.05) is 5.56 Å². The third-order valence-corrected chi connectivity index (χ3v) is 6.40. The second-order valence-electron chi connectivity index (χ2n) is 7.59. The molecule has 0 saturated carbocycles. The van der Waals surface area contributed by atoms with Gasteiger partial charge in [0.15, 0.2) is 0 Å². The van der Waals surface area contributed by atoms with Gasteiger partial charge in [0.25, 0.3) is 0 Å². The van der Waals surface area contributed by atoms with Gasteiger partial charge < -0.3 is 14.1 Å². The number of benzene rings is 1. The van der Waals surface area contributed by atoms with Gasteiger partial charge in [-0.3, -0.25) is 0 Å². The Bertz CT molecular complexity index is 515. The first kappa shape index (κ1) is 13.7. The summed E-state index contributed by atoms with van der Waals surface area (Å²) in [6.07, 6.45) is 3.93. The highest BCUT2D eigenvalue weighted by molar-refractivity contribution is 5.35. The van der Waals surface area contributed by atoms with Crippen molar-refractivity contribution in [3.05, 3.63) is 34.9 Å². The van der Waals surface area contributed by atoms with E-state index in [4.69, 9.17) is 0 Å². The topological polar surface area (TPSA) is 20.2 Å². The Hall–Kier alpha value is -0.900. The summed E-state index contributed by atoms with van der Waals surface area (Å²) in [5.41, 5.74) is 4.76. The maximum absolute atomic E-state index is 9.30. The van der Waals surface area contributed by atoms with E-state index in [2.05, 4.69) is 18.2 Å². The number of fused-ring (bicyclic) bond motifs is 4. The van der Waals surface area contributed by atoms with Crippen molar-refractivity contribution in [3.8, 4) is 0 Å². The molecular weight excluding hydrogens is 260 g/mol. The monoisotopic (exact) mass is 288 g/mol. The van der Waals surface area contributed by atoms with E-state index in [1.54, 1.807) is 16.7 Å². The van der Waals surface area contributed by atoms with Gasteiger partial charge in [-0.15, -0.1) is 0 Å². The fourth-order valence-corrected chi connectivity index (χ4v) is 4.84. The zero-order valence-corrected chi connectivity index (χ0v) is 13.1. The summed E-state index contributed by atoms with van der Waals surface area (Å²) in [7, 11) is 0. The minimum Gasteiger partial charge on any atom is -0.391 e. The molecule has 21 heavy (non-hydrogen) atoms. The molecule has 1 aromatic carbocycles. The molecule has 3 saturated heterocycles. The highest BCUT2D eigenvalue weighted by atomic mass is 16.3. The summed E-state index contributed by atoms with van der Waals surface area (Å²) >= 11 is 0. The highest BCUT2D eigenvalue weighted by Gasteiger charge is 2.48. The van der Waals surface area contributed by atoms with Crippen molar-refractivity contribution in [2.75, 3.05) is 52.4 Å². The summed E-state index contributed by atoms with van der Waals surface area (Å²) in [5.74, 6) is 0. The molecule has 4 aliphatic rings. The number of aliphatic hydroxyl groups excluding tert-OH is 1. The van der Waals surface area contributed by atoms with E-state index < -0.39 is 0 Å². The third-order valence-electron chi connectivity index (χ3n) is 6.40. The third kappa shape index (κ3) is 2.41. The summed E-state index contributed by atoms with van der Waals surface area (Å²) in [6, 6.07) is 7.26. The summed E-state index contributed by atoms with van der Waals surface area (Å²) < 4.78 is 2.48. The predicted octanol–water partition coefficient (Wildman–Crippen LogP) is 1.33. The van der Waals surface area contributed by atoms with Crippen LogP contribution < -0.4 is 0 Å². The van der Waals surface area contributed by atoms with Crippen LogP contribution in [0.2, 0.25) is 0 Å². The number of piperazine rings is 3. The lowest BCUT2D eigenvalue weighted by Crippen LogP contribution is -2.74. The van der Waals surface area contributed by atoms with Gasteiger partial charge in [-0.05, 0) is 36.5 Å². The molecule has 1 N–H and O–H groups in total. The van der Waals surface area contributed by atoms with Crippen LogP contribution in [0.25, 0.3) is 0 Å². The average molecular weight is 288 g/mol. The number of rotatable bonds is 4. The fourth-order valence-electron chi connectivity index (χ4n) is 4.84. The number of quaternary nitrogens is 2. The van der Waals surface area contributed by atoms with Crippen molar-refractivity contribution >= 4 is 0 Å². The Labute approximate surface area is 128 Å². The molecule has 0 unspecified atom stereocenters. The lowest BCUT2D eigenvalue weighted by Gasteiger charge is -2.55. The van der Waals surface area contributed by atoms with Crippen LogP contribution in [0.3, 0.4) is 0 Å². The smallest absolute Gasteiger partial charge is 0.129 e. The molecular formula is C18H28N2O+2. The molecule has 3 aliphatic heterocycles. The zero-order valence-electron chi connectivity index (χ0n) is 13.1. The van der Waals surface area contributed by atoms with Gasteiger partial charge in [0.1, 0.15) is 52.4 Å². The van der Waals surface area contributed by atoms with Crippen LogP contribution in [0, 0.1) is 0 Å². The average Bonchev–Trinajstić information content (AvgIpc) is 2.97. The number of aryl methyl sites for hydroxylation is 2. The molecule has 0 spiro atoms. The van der Waals surface area contributed by atoms with E-state index in [0.717, 1.165) is 6.54 Å². The van der Waals surface area contributed by atoms with Crippen LogP contribution >= 0.6 is 0 Å². The maximum atomic E-state index is 9.30. The van der Waals surface area contributed by atoms with Crippen molar-refractivity contribution in [2.24, 2.45) is 0 Å². The van der Waals surface area contributed by atoms with E-state index in [0.29, 0.717) is 6.61 Å². The zero-order chi connectivity index (χ0) is 14.3. The molecule has 0 aromatic heterocycles. The molecule has 0 amide bonds. The molecule has 3 nitrogen and oxygen atoms in total. The molecule has 1 aliphatic carbocycles. The van der Waals surface area contributed by atoms with Gasteiger partial charge in [-0.25, -0.2) is 0 Å². The SMILES string of the molecule is OCC[N+]12CC[N+](Cc3ccc4c(c3)CCC4)(CC1)CC2. The Morgan fingerprint density at radius 2 is 1.52 bits per heavy atom. The van der Waals surface area contributed by atoms with E-state index >= 15 is 0 Å². The van der Waals surface area contributed by atoms with Crippen molar-refractivity contribution < 1.29 is 14.1 Å². The largest absolute Gasteiger partial charge is 0.391 e. The van der Waals surface area contributed by atoms with Gasteiger partial charge in [-0.2, -0.15) is 0 Å². The molecule has 5 rings (SSSR count). The molecule has 3 heterocycles. The van der Waals surface area contributed by atoms with Crippen molar-refractivity contribution in [1.29, 1.82) is 0 Å². The second kappa shape index (κ2) is 5.08. The molecule has 1 aromatic rings. The normalized spacial score (nSPS) is 34.1. The first-order valence-electron chi connectivity index (χ1n) is 8.64. The Morgan fingerprint density at radius 1 is 0.857 bits per heavy atom. The fraction of sp³-hybridized carbons (Fsp3) is 0.667. The summed E-state index contributed by atoms with van der Waals surface area (Å²) in [5, 5.41) is 9.30. The van der Waals surface area contributed by atoms with Crippen LogP contribution in [0.1, 0.15) is 23.1 Å². The lowest BCUT2D eigenvalue weighted by atomic mass is 10.0. The Morgan fingerprint density at radius 3 is 2.24 bits per heavy atom. The minimum atomic E-state index is 0.352. The Balaban J connectivity index is 1.48. The van der Waals surface area contributed by atoms with Crippen molar-refractivity contribution in [2.45, 2.75) is 25.8 Å². The predicted molar refractivity (Wildman–Crippen MR) is 83.8 cm³/mol. The molecule has 114 valence electrons. The van der Waals surface area contributed by atoms with E-state index in [1.165, 1.54) is 74.0 Å². The van der Waals surface area contributed by atoms with Crippen LogP contribution in [-0.4, -0.2) is 66.5 Å². The standard InChI is InChI=1S/C18H28N2O/c21-13-12-19-6-9-20(10-7-19,11-8-19)15-16-4-5-17-2-1-3-18(17)14-16/h4-5,14,21H,1-3,6-13,15H2/q+2. The van der Waals surface area contributed by atoms with Gasteiger partial charge in [0.05, 0.1) is 6.61 Å². The maximum Gasteiger partial charge on any atom is 0.129 e. The lowest BCUT2D eigenvalue weighted by molar-refractivity contribution is -1.09. The quantitative estimate of drug-likeness (QED) is 0.829. The Kier molecular flexibility index (Phi) is 3.32. The van der Waals surface area contributed by atoms with Crippen LogP contribution in [0.15, 0.2) is 18.2 Å². The molecule has 0 radical (unpaired) electrons. The first-order valence-corrected chi connectivity index (χ1v) is 8.64. The first-order chi connectivity index (χ1) is 10.2. The number of aliphatic hydroxyl groups is 1. The van der Waals surface area contributed by atoms with Crippen LogP contribution in [0.5, 0.6) is 0 Å². The van der Waals surface area contributed by atoms with Crippen molar-refractivity contribution in [3.63, 3.8) is 0 Å². The number of nitrogens with zero attached hydrogens (tertiary/aromatic N) is 2. The van der Waals surface area contributed by atoms with Gasteiger partial charge in [-0.1, -0.05) is 12.1 Å². The summed E-state index contributed by atoms with van der Waals surface area (Å²) in [6.45, 7) is 10.3. The van der Waals surface area contributed by atoms with Crippen LogP contribution in [-0.2, 0) is 19.4 Å². The van der Waals surface area contributed by atoms with E-state index in [1.807, 2.05) is 0 Å². The minimum absolute atomic E-state index is 0.352. The number of hydrogen-bond acceptors (Lipinski definition) is 1. The van der Waals surface area contributed by atoms with Gasteiger partial charge in [0.2, 0.25) is 0 Å². The van der Waals surface area contributed by atoms with Crippen LogP contribution in [0.4, 0.5) is 0 Å². The second-order valence-corrected chi connectivity index (χ2v) is 7.59.